The van der Waals surface area contributed by atoms with E-state index >= 15 is 0 Å². The molecule has 2 fully saturated rings. The van der Waals surface area contributed by atoms with Gasteiger partial charge < -0.3 is 14.7 Å². The van der Waals surface area contributed by atoms with E-state index in [4.69, 9.17) is 4.52 Å². The molecule has 2 aliphatic rings. The molecule has 0 saturated carbocycles. The predicted octanol–water partition coefficient (Wildman–Crippen LogP) is 3.16. The molecule has 2 aromatic heterocycles. The highest BCUT2D eigenvalue weighted by atomic mass is 16.5. The minimum atomic E-state index is -0.949. The number of urea groups is 1. The average molecular weight is 454 g/mol. The Morgan fingerprint density at radius 2 is 2.03 bits per heavy atom. The minimum absolute atomic E-state index is 0.0514. The van der Waals surface area contributed by atoms with Crippen molar-refractivity contribution >= 4 is 17.8 Å². The van der Waals surface area contributed by atoms with Gasteiger partial charge in [0.05, 0.1) is 12.2 Å². The van der Waals surface area contributed by atoms with E-state index in [-0.39, 0.29) is 30.3 Å². The molecule has 4 rings (SSSR count). The average Bonchev–Trinajstić information content (AvgIpc) is 3.35. The lowest BCUT2D eigenvalue weighted by Gasteiger charge is -2.41. The molecule has 1 N–H and O–H groups in total. The Morgan fingerprint density at radius 1 is 1.27 bits per heavy atom. The molecular formula is C24H31N5O4. The Labute approximate surface area is 193 Å². The zero-order chi connectivity index (χ0) is 23.6. The molecule has 176 valence electrons. The van der Waals surface area contributed by atoms with Crippen molar-refractivity contribution in [3.63, 3.8) is 0 Å². The molecule has 2 aliphatic heterocycles. The maximum absolute atomic E-state index is 13.7. The summed E-state index contributed by atoms with van der Waals surface area (Å²) in [6.07, 6.45) is 4.31. The third kappa shape index (κ3) is 4.62. The van der Waals surface area contributed by atoms with Crippen LogP contribution >= 0.6 is 0 Å². The van der Waals surface area contributed by atoms with E-state index in [0.29, 0.717) is 55.4 Å². The van der Waals surface area contributed by atoms with Gasteiger partial charge in [0.1, 0.15) is 11.3 Å². The van der Waals surface area contributed by atoms with Gasteiger partial charge in [-0.2, -0.15) is 0 Å². The van der Waals surface area contributed by atoms with E-state index in [0.717, 1.165) is 6.42 Å². The summed E-state index contributed by atoms with van der Waals surface area (Å²) in [5.74, 6) is 0.585. The Morgan fingerprint density at radius 3 is 2.64 bits per heavy atom. The summed E-state index contributed by atoms with van der Waals surface area (Å²) in [6, 6.07) is 6.72. The Kier molecular flexibility index (Phi) is 6.49. The van der Waals surface area contributed by atoms with Crippen LogP contribution in [0.25, 0.3) is 0 Å². The Bertz CT molecular complexity index is 1010. The number of piperidine rings is 1. The van der Waals surface area contributed by atoms with Crippen molar-refractivity contribution in [2.24, 2.45) is 11.8 Å². The van der Waals surface area contributed by atoms with Crippen molar-refractivity contribution in [1.29, 1.82) is 0 Å². The zero-order valence-corrected chi connectivity index (χ0v) is 19.4. The number of pyridine rings is 1. The summed E-state index contributed by atoms with van der Waals surface area (Å²) >= 11 is 0. The molecule has 2 saturated heterocycles. The first-order valence-corrected chi connectivity index (χ1v) is 11.6. The highest BCUT2D eigenvalue weighted by Crippen LogP contribution is 2.38. The van der Waals surface area contributed by atoms with E-state index in [1.165, 1.54) is 4.90 Å². The summed E-state index contributed by atoms with van der Waals surface area (Å²) in [5, 5.41) is 6.90. The molecule has 0 spiro atoms. The zero-order valence-electron chi connectivity index (χ0n) is 19.4. The molecule has 2 aromatic rings. The smallest absolute Gasteiger partial charge is 0.325 e. The van der Waals surface area contributed by atoms with Gasteiger partial charge in [-0.05, 0) is 56.6 Å². The predicted molar refractivity (Wildman–Crippen MR) is 120 cm³/mol. The molecule has 0 radical (unpaired) electrons. The number of hydrogen-bond donors (Lipinski definition) is 1. The fourth-order valence-corrected chi connectivity index (χ4v) is 4.81. The van der Waals surface area contributed by atoms with Crippen molar-refractivity contribution in [2.75, 3.05) is 13.1 Å². The summed E-state index contributed by atoms with van der Waals surface area (Å²) < 4.78 is 5.04. The molecule has 4 heterocycles. The van der Waals surface area contributed by atoms with Crippen molar-refractivity contribution in [3.8, 4) is 0 Å². The van der Waals surface area contributed by atoms with Gasteiger partial charge in [0.25, 0.3) is 11.8 Å². The van der Waals surface area contributed by atoms with Gasteiger partial charge in [0, 0.05) is 25.4 Å². The number of nitrogens with zero attached hydrogens (tertiary/aromatic N) is 4. The third-order valence-electron chi connectivity index (χ3n) is 6.69. The maximum Gasteiger partial charge on any atom is 0.325 e. The molecule has 0 aliphatic carbocycles. The third-order valence-corrected chi connectivity index (χ3v) is 6.69. The second kappa shape index (κ2) is 9.33. The number of amides is 4. The quantitative estimate of drug-likeness (QED) is 0.645. The number of aryl methyl sites for hydroxylation is 1. The van der Waals surface area contributed by atoms with Crippen LogP contribution in [-0.4, -0.2) is 56.4 Å². The molecule has 4 amide bonds. The minimum Gasteiger partial charge on any atom is -0.361 e. The topological polar surface area (TPSA) is 109 Å². The number of likely N-dealkylation sites (tertiary alicyclic amines) is 1. The van der Waals surface area contributed by atoms with Gasteiger partial charge in [-0.1, -0.05) is 25.1 Å². The molecule has 9 nitrogen and oxygen atoms in total. The molecule has 0 aromatic carbocycles. The SMILES string of the molecule is Cc1cc(C(=O)N2CCC([C@@]3(CCC(C)C)NC(=O)N(Cc4ccccn4)C3=O)CC2)no1. The second-order valence-corrected chi connectivity index (χ2v) is 9.44. The summed E-state index contributed by atoms with van der Waals surface area (Å²) in [7, 11) is 0. The van der Waals surface area contributed by atoms with Crippen molar-refractivity contribution in [1.82, 2.24) is 25.3 Å². The van der Waals surface area contributed by atoms with E-state index in [9.17, 15) is 14.4 Å². The Balaban J connectivity index is 1.51. The second-order valence-electron chi connectivity index (χ2n) is 9.44. The number of aromatic nitrogens is 2. The first-order valence-electron chi connectivity index (χ1n) is 11.6. The van der Waals surface area contributed by atoms with Crippen LogP contribution in [0, 0.1) is 18.8 Å². The normalized spacial score (nSPS) is 21.7. The first-order chi connectivity index (χ1) is 15.8. The molecular weight excluding hydrogens is 422 g/mol. The highest BCUT2D eigenvalue weighted by molar-refractivity contribution is 6.07. The van der Waals surface area contributed by atoms with Crippen LogP contribution in [0.3, 0.4) is 0 Å². The standard InChI is InChI=1S/C24H31N5O4/c1-16(2)7-10-24(22(31)29(23(32)26-24)15-19-6-4-5-11-25-19)18-8-12-28(13-9-18)21(30)20-14-17(3)33-27-20/h4-6,11,14,16,18H,7-10,12-13,15H2,1-3H3,(H,26,32)/t24-/m1/s1. The van der Waals surface area contributed by atoms with Crippen molar-refractivity contribution in [3.05, 3.63) is 47.6 Å². The highest BCUT2D eigenvalue weighted by Gasteiger charge is 2.55. The van der Waals surface area contributed by atoms with Gasteiger partial charge in [-0.15, -0.1) is 0 Å². The fraction of sp³-hybridized carbons (Fsp3) is 0.542. The number of hydrogen-bond acceptors (Lipinski definition) is 6. The van der Waals surface area contributed by atoms with Crippen LogP contribution in [0.4, 0.5) is 4.79 Å². The summed E-state index contributed by atoms with van der Waals surface area (Å²) in [5.41, 5.74) is 0.0201. The summed E-state index contributed by atoms with van der Waals surface area (Å²) in [6.45, 7) is 7.13. The van der Waals surface area contributed by atoms with Gasteiger partial charge >= 0.3 is 6.03 Å². The van der Waals surface area contributed by atoms with Crippen LogP contribution in [0.1, 0.15) is 61.5 Å². The largest absolute Gasteiger partial charge is 0.361 e. The molecule has 1 atom stereocenters. The van der Waals surface area contributed by atoms with E-state index in [1.807, 2.05) is 12.1 Å². The lowest BCUT2D eigenvalue weighted by Crippen LogP contribution is -2.56. The molecule has 0 bridgehead atoms. The van der Waals surface area contributed by atoms with E-state index in [1.54, 1.807) is 30.2 Å². The molecule has 0 unspecified atom stereocenters. The van der Waals surface area contributed by atoms with Crippen molar-refractivity contribution < 1.29 is 18.9 Å². The maximum atomic E-state index is 13.7. The van der Waals surface area contributed by atoms with Crippen LogP contribution in [0.2, 0.25) is 0 Å². The first kappa shape index (κ1) is 22.9. The van der Waals surface area contributed by atoms with Crippen LogP contribution < -0.4 is 5.32 Å². The van der Waals surface area contributed by atoms with E-state index in [2.05, 4.69) is 29.3 Å². The lowest BCUT2D eigenvalue weighted by atomic mass is 9.73. The monoisotopic (exact) mass is 453 g/mol. The summed E-state index contributed by atoms with van der Waals surface area (Å²) in [4.78, 5) is 46.7. The number of carbonyl (C=O) groups is 3. The van der Waals surface area contributed by atoms with Gasteiger partial charge in [-0.25, -0.2) is 4.79 Å². The van der Waals surface area contributed by atoms with Crippen molar-refractivity contribution in [2.45, 2.75) is 58.5 Å². The van der Waals surface area contributed by atoms with Gasteiger partial charge in [0.2, 0.25) is 0 Å². The van der Waals surface area contributed by atoms with Crippen LogP contribution in [0.15, 0.2) is 35.0 Å². The van der Waals surface area contributed by atoms with Gasteiger partial charge in [-0.3, -0.25) is 19.5 Å². The Hall–Kier alpha value is -3.23. The fourth-order valence-electron chi connectivity index (χ4n) is 4.81. The molecule has 9 heteroatoms. The number of rotatable bonds is 7. The van der Waals surface area contributed by atoms with Crippen LogP contribution in [0.5, 0.6) is 0 Å². The van der Waals surface area contributed by atoms with E-state index < -0.39 is 5.54 Å². The number of imide groups is 1. The number of nitrogens with one attached hydrogen (secondary N) is 1. The molecule has 33 heavy (non-hydrogen) atoms. The van der Waals surface area contributed by atoms with Gasteiger partial charge in [0.15, 0.2) is 5.69 Å². The number of carbonyl (C=O) groups excluding carboxylic acids is 3. The lowest BCUT2D eigenvalue weighted by molar-refractivity contribution is -0.134. The van der Waals surface area contributed by atoms with Crippen LogP contribution in [-0.2, 0) is 11.3 Å².